The number of nitrogens with zero attached hydrogens (tertiary/aromatic N) is 1. The third-order valence-electron chi connectivity index (χ3n) is 2.88. The highest BCUT2D eigenvalue weighted by atomic mass is 16.7. The van der Waals surface area contributed by atoms with E-state index in [1.54, 1.807) is 0 Å². The Morgan fingerprint density at radius 3 is 2.75 bits per heavy atom. The maximum Gasteiger partial charge on any atom is 0.296 e. The molecular formula is C12H15N3O5. The second kappa shape index (κ2) is 5.74. The smallest absolute Gasteiger partial charge is 0.296 e. The highest BCUT2D eigenvalue weighted by Crippen LogP contribution is 2.40. The topological polar surface area (TPSA) is 117 Å². The number of nitro benzene ring substituents is 1. The number of nitrogens with two attached hydrogens (primary N) is 1. The van der Waals surface area contributed by atoms with Crippen LogP contribution in [-0.2, 0) is 4.79 Å². The number of ether oxygens (including phenoxy) is 2. The molecule has 108 valence electrons. The van der Waals surface area contributed by atoms with Crippen molar-refractivity contribution in [2.45, 2.75) is 25.8 Å². The lowest BCUT2D eigenvalue weighted by atomic mass is 10.1. The SMILES string of the molecule is CCC[C@H](N)C(=O)Nc1cc2c(cc1[N+](=O)[O-])OCO2. The molecule has 0 saturated heterocycles. The molecule has 1 aliphatic rings. The van der Waals surface area contributed by atoms with E-state index >= 15 is 0 Å². The lowest BCUT2D eigenvalue weighted by molar-refractivity contribution is -0.384. The van der Waals surface area contributed by atoms with Gasteiger partial charge in [-0.1, -0.05) is 13.3 Å². The quantitative estimate of drug-likeness (QED) is 0.622. The molecule has 8 nitrogen and oxygen atoms in total. The van der Waals surface area contributed by atoms with Crippen molar-refractivity contribution < 1.29 is 19.2 Å². The van der Waals surface area contributed by atoms with E-state index in [0.717, 1.165) is 6.42 Å². The van der Waals surface area contributed by atoms with Gasteiger partial charge in [0.25, 0.3) is 5.69 Å². The summed E-state index contributed by atoms with van der Waals surface area (Å²) in [6.07, 6.45) is 1.25. The van der Waals surface area contributed by atoms with Crippen LogP contribution in [0.5, 0.6) is 11.5 Å². The number of fused-ring (bicyclic) bond motifs is 1. The Bertz CT molecular complexity index is 546. The van der Waals surface area contributed by atoms with E-state index in [2.05, 4.69) is 5.32 Å². The minimum absolute atomic E-state index is 0.000758. The molecule has 0 bridgehead atoms. The number of carbonyl (C=O) groups excluding carboxylic acids is 1. The number of amides is 1. The van der Waals surface area contributed by atoms with E-state index in [4.69, 9.17) is 15.2 Å². The molecule has 0 saturated carbocycles. The number of nitrogens with one attached hydrogen (secondary N) is 1. The summed E-state index contributed by atoms with van der Waals surface area (Å²) in [4.78, 5) is 22.3. The second-order valence-electron chi connectivity index (χ2n) is 4.36. The molecule has 2 rings (SSSR count). The highest BCUT2D eigenvalue weighted by molar-refractivity contribution is 5.97. The summed E-state index contributed by atoms with van der Waals surface area (Å²) in [5, 5.41) is 13.5. The number of hydrogen-bond donors (Lipinski definition) is 2. The van der Waals surface area contributed by atoms with E-state index < -0.39 is 16.9 Å². The standard InChI is InChI=1S/C12H15N3O5/c1-2-3-7(13)12(16)14-8-4-10-11(20-6-19-10)5-9(8)15(17)18/h4-5,7H,2-3,6,13H2,1H3,(H,14,16)/t7-/m0/s1. The first-order valence-electron chi connectivity index (χ1n) is 6.17. The minimum Gasteiger partial charge on any atom is -0.454 e. The van der Waals surface area contributed by atoms with Crippen LogP contribution < -0.4 is 20.5 Å². The van der Waals surface area contributed by atoms with Crippen molar-refractivity contribution in [1.29, 1.82) is 0 Å². The number of anilines is 1. The number of rotatable bonds is 5. The Morgan fingerprint density at radius 2 is 2.15 bits per heavy atom. The Hall–Kier alpha value is -2.35. The molecule has 20 heavy (non-hydrogen) atoms. The number of carbonyl (C=O) groups is 1. The van der Waals surface area contributed by atoms with Crippen LogP contribution >= 0.6 is 0 Å². The molecule has 1 aromatic carbocycles. The average molecular weight is 281 g/mol. The van der Waals surface area contributed by atoms with Crippen LogP contribution in [0.15, 0.2) is 12.1 Å². The first-order chi connectivity index (χ1) is 9.52. The van der Waals surface area contributed by atoms with Crippen molar-refractivity contribution in [1.82, 2.24) is 0 Å². The minimum atomic E-state index is -0.704. The van der Waals surface area contributed by atoms with E-state index in [1.807, 2.05) is 6.92 Å². The van der Waals surface area contributed by atoms with Gasteiger partial charge in [0.15, 0.2) is 11.5 Å². The van der Waals surface area contributed by atoms with Gasteiger partial charge in [0.1, 0.15) is 5.69 Å². The molecule has 0 aliphatic carbocycles. The predicted molar refractivity (Wildman–Crippen MR) is 70.7 cm³/mol. The lowest BCUT2D eigenvalue weighted by Gasteiger charge is -2.11. The van der Waals surface area contributed by atoms with Crippen molar-refractivity contribution in [3.05, 3.63) is 22.2 Å². The van der Waals surface area contributed by atoms with Crippen LogP contribution in [0.4, 0.5) is 11.4 Å². The Balaban J connectivity index is 2.26. The van der Waals surface area contributed by atoms with Gasteiger partial charge in [0, 0.05) is 6.07 Å². The number of nitro groups is 1. The van der Waals surface area contributed by atoms with Crippen molar-refractivity contribution in [2.24, 2.45) is 5.73 Å². The van der Waals surface area contributed by atoms with Crippen molar-refractivity contribution in [3.63, 3.8) is 0 Å². The van der Waals surface area contributed by atoms with Crippen LogP contribution in [0.25, 0.3) is 0 Å². The fraction of sp³-hybridized carbons (Fsp3) is 0.417. The summed E-state index contributed by atoms with van der Waals surface area (Å²) in [5.41, 5.74) is 5.47. The van der Waals surface area contributed by atoms with Gasteiger partial charge in [-0.2, -0.15) is 0 Å². The molecule has 1 amide bonds. The zero-order valence-electron chi connectivity index (χ0n) is 10.9. The van der Waals surface area contributed by atoms with Crippen LogP contribution in [0.3, 0.4) is 0 Å². The van der Waals surface area contributed by atoms with E-state index in [0.29, 0.717) is 12.2 Å². The highest BCUT2D eigenvalue weighted by Gasteiger charge is 2.25. The zero-order valence-corrected chi connectivity index (χ0v) is 10.9. The number of benzene rings is 1. The van der Waals surface area contributed by atoms with Crippen LogP contribution in [0.1, 0.15) is 19.8 Å². The van der Waals surface area contributed by atoms with Crippen LogP contribution in [0.2, 0.25) is 0 Å². The predicted octanol–water partition coefficient (Wildman–Crippen LogP) is 1.39. The maximum absolute atomic E-state index is 11.8. The zero-order chi connectivity index (χ0) is 14.7. The molecule has 8 heteroatoms. The third kappa shape index (κ3) is 2.80. The van der Waals surface area contributed by atoms with Crippen LogP contribution in [0, 0.1) is 10.1 Å². The van der Waals surface area contributed by atoms with E-state index in [1.165, 1.54) is 12.1 Å². The molecule has 0 radical (unpaired) electrons. The summed E-state index contributed by atoms with van der Waals surface area (Å²) < 4.78 is 10.2. The summed E-state index contributed by atoms with van der Waals surface area (Å²) in [6.45, 7) is 1.90. The van der Waals surface area contributed by atoms with E-state index in [9.17, 15) is 14.9 Å². The van der Waals surface area contributed by atoms with Gasteiger partial charge in [0.05, 0.1) is 17.0 Å². The Morgan fingerprint density at radius 1 is 1.50 bits per heavy atom. The normalized spacial score (nSPS) is 13.9. The molecule has 3 N–H and O–H groups in total. The van der Waals surface area contributed by atoms with Gasteiger partial charge in [-0.3, -0.25) is 14.9 Å². The summed E-state index contributed by atoms with van der Waals surface area (Å²) in [6, 6.07) is 1.89. The first-order valence-corrected chi connectivity index (χ1v) is 6.17. The van der Waals surface area contributed by atoms with Crippen molar-refractivity contribution in [3.8, 4) is 11.5 Å². The average Bonchev–Trinajstić information content (AvgIpc) is 2.84. The van der Waals surface area contributed by atoms with Gasteiger partial charge in [-0.05, 0) is 6.42 Å². The molecule has 1 heterocycles. The fourth-order valence-corrected chi connectivity index (χ4v) is 1.85. The molecule has 0 unspecified atom stereocenters. The summed E-state index contributed by atoms with van der Waals surface area (Å²) in [7, 11) is 0. The first kappa shape index (κ1) is 14.1. The third-order valence-corrected chi connectivity index (χ3v) is 2.88. The van der Waals surface area contributed by atoms with Gasteiger partial charge < -0.3 is 20.5 Å². The van der Waals surface area contributed by atoms with Crippen molar-refractivity contribution >= 4 is 17.3 Å². The van der Waals surface area contributed by atoms with Gasteiger partial charge in [-0.15, -0.1) is 0 Å². The molecule has 1 aromatic rings. The van der Waals surface area contributed by atoms with Gasteiger partial charge >= 0.3 is 0 Å². The maximum atomic E-state index is 11.8. The largest absolute Gasteiger partial charge is 0.454 e. The number of hydrogen-bond acceptors (Lipinski definition) is 6. The lowest BCUT2D eigenvalue weighted by Crippen LogP contribution is -2.35. The van der Waals surface area contributed by atoms with Crippen LogP contribution in [-0.4, -0.2) is 23.7 Å². The van der Waals surface area contributed by atoms with Crippen molar-refractivity contribution in [2.75, 3.05) is 12.1 Å². The Labute approximate surface area is 115 Å². The molecular weight excluding hydrogens is 266 g/mol. The molecule has 0 fully saturated rings. The molecule has 0 aromatic heterocycles. The van der Waals surface area contributed by atoms with Gasteiger partial charge in [0.2, 0.25) is 12.7 Å². The molecule has 1 aliphatic heterocycles. The van der Waals surface area contributed by atoms with Gasteiger partial charge in [-0.25, -0.2) is 0 Å². The Kier molecular flexibility index (Phi) is 4.04. The van der Waals surface area contributed by atoms with E-state index in [-0.39, 0.29) is 23.9 Å². The summed E-state index contributed by atoms with van der Waals surface area (Å²) >= 11 is 0. The fourth-order valence-electron chi connectivity index (χ4n) is 1.85. The second-order valence-corrected chi connectivity index (χ2v) is 4.36. The monoisotopic (exact) mass is 281 g/mol. The molecule has 0 spiro atoms. The molecule has 1 atom stereocenters. The summed E-state index contributed by atoms with van der Waals surface area (Å²) in [5.74, 6) is 0.177.